The Morgan fingerprint density at radius 3 is 1.35 bits per heavy atom. The van der Waals surface area contributed by atoms with Gasteiger partial charge in [0, 0.05) is 16.5 Å². The molecule has 4 aromatic heterocycles. The zero-order chi connectivity index (χ0) is 46.2. The molecule has 0 atom stereocenters. The summed E-state index contributed by atoms with van der Waals surface area (Å²) in [5.41, 5.74) is 2.22. The van der Waals surface area contributed by atoms with Gasteiger partial charge in [-0.2, -0.15) is 33.6 Å². The van der Waals surface area contributed by atoms with E-state index in [1.165, 1.54) is 12.1 Å². The summed E-state index contributed by atoms with van der Waals surface area (Å²) in [6, 6.07) is 51.5. The number of hydrogen-bond donors (Lipinski definition) is 2. The molecular formula is C55H32F3IrN6O3. The molecule has 0 saturated carbocycles. The van der Waals surface area contributed by atoms with E-state index in [1.54, 1.807) is 12.4 Å². The molecule has 0 aliphatic heterocycles. The van der Waals surface area contributed by atoms with Crippen LogP contribution in [-0.4, -0.2) is 40.8 Å². The number of alkyl halides is 3. The van der Waals surface area contributed by atoms with Gasteiger partial charge in [-0.05, 0) is 102 Å². The molecule has 2 N–H and O–H groups in total. The summed E-state index contributed by atoms with van der Waals surface area (Å²) in [7, 11) is 0. The van der Waals surface area contributed by atoms with Crippen LogP contribution < -0.4 is 0 Å². The Morgan fingerprint density at radius 2 is 0.897 bits per heavy atom. The molecule has 9 nitrogen and oxygen atoms in total. The van der Waals surface area contributed by atoms with E-state index in [2.05, 4.69) is 36.7 Å². The van der Waals surface area contributed by atoms with E-state index in [4.69, 9.17) is 17.6 Å². The summed E-state index contributed by atoms with van der Waals surface area (Å²) in [6.07, 6.45) is -1.08. The molecule has 12 aromatic rings. The predicted octanol–water partition coefficient (Wildman–Crippen LogP) is 13.9. The van der Waals surface area contributed by atoms with E-state index < -0.39 is 11.7 Å². The number of benzene rings is 8. The van der Waals surface area contributed by atoms with Gasteiger partial charge in [-0.1, -0.05) is 132 Å². The molecule has 330 valence electrons. The molecule has 13 heteroatoms. The summed E-state index contributed by atoms with van der Waals surface area (Å²) in [6.45, 7) is 10.8. The first kappa shape index (κ1) is 44.8. The maximum Gasteiger partial charge on any atom is 3.00 e. The zero-order valence-electron chi connectivity index (χ0n) is 35.3. The van der Waals surface area contributed by atoms with Crippen LogP contribution in [0.2, 0.25) is 0 Å². The van der Waals surface area contributed by atoms with Crippen molar-refractivity contribution in [1.29, 1.82) is 0 Å². The number of fused-ring (bicyclic) bond motifs is 7. The topological polar surface area (TPSA) is 131 Å². The Morgan fingerprint density at radius 1 is 0.485 bits per heavy atom. The smallest absolute Gasteiger partial charge is 0.544 e. The number of aliphatic hydroxyl groups is 2. The average molecular weight is 1070 g/mol. The minimum absolute atomic E-state index is 0. The van der Waals surface area contributed by atoms with Gasteiger partial charge in [-0.25, -0.2) is 23.4 Å². The van der Waals surface area contributed by atoms with Crippen LogP contribution in [0.3, 0.4) is 0 Å². The van der Waals surface area contributed by atoms with Crippen LogP contribution in [0.5, 0.6) is 0 Å². The number of nitrogens with zero attached hydrogens (tertiary/aromatic N) is 6. The Labute approximate surface area is 398 Å². The van der Waals surface area contributed by atoms with E-state index in [0.29, 0.717) is 39.7 Å². The molecule has 0 saturated heterocycles. The molecule has 0 radical (unpaired) electrons. The van der Waals surface area contributed by atoms with E-state index in [0.717, 1.165) is 82.2 Å². The molecule has 68 heavy (non-hydrogen) atoms. The number of furan rings is 1. The van der Waals surface area contributed by atoms with Gasteiger partial charge in [0.1, 0.15) is 0 Å². The van der Waals surface area contributed by atoms with Crippen molar-refractivity contribution in [2.75, 3.05) is 0 Å². The molecule has 8 aromatic carbocycles. The van der Waals surface area contributed by atoms with Crippen LogP contribution in [0.4, 0.5) is 13.2 Å². The number of aliphatic hydroxyl groups excluding tert-OH is 2. The molecule has 0 aliphatic carbocycles. The second-order valence-electron chi connectivity index (χ2n) is 15.5. The number of para-hydroxylation sites is 1. The quantitative estimate of drug-likeness (QED) is 0.100. The number of halogens is 3. The van der Waals surface area contributed by atoms with Gasteiger partial charge in [0.25, 0.3) is 0 Å². The fraction of sp³-hybridized carbons (Fsp3) is 0.0182. The van der Waals surface area contributed by atoms with Crippen molar-refractivity contribution in [3.63, 3.8) is 0 Å². The third kappa shape index (κ3) is 8.83. The second-order valence-corrected chi connectivity index (χ2v) is 15.5. The van der Waals surface area contributed by atoms with Gasteiger partial charge < -0.3 is 14.6 Å². The zero-order valence-corrected chi connectivity index (χ0v) is 37.7. The summed E-state index contributed by atoms with van der Waals surface area (Å²) >= 11 is 0. The first-order valence-corrected chi connectivity index (χ1v) is 20.7. The molecule has 0 unspecified atom stereocenters. The third-order valence-electron chi connectivity index (χ3n) is 11.2. The van der Waals surface area contributed by atoms with Crippen LogP contribution in [0.15, 0.2) is 175 Å². The van der Waals surface area contributed by atoms with E-state index in [1.807, 2.05) is 133 Å². The third-order valence-corrected chi connectivity index (χ3v) is 11.2. The summed E-state index contributed by atoms with van der Waals surface area (Å²) in [4.78, 5) is 0. The largest absolute Gasteiger partial charge is 3.00 e. The van der Waals surface area contributed by atoms with Crippen molar-refractivity contribution in [3.05, 3.63) is 206 Å². The van der Waals surface area contributed by atoms with Crippen LogP contribution >= 0.6 is 0 Å². The van der Waals surface area contributed by atoms with Gasteiger partial charge in [-0.15, -0.1) is 17.5 Å². The van der Waals surface area contributed by atoms with Crippen LogP contribution in [0.1, 0.15) is 17.0 Å². The number of aromatic nitrogens is 6. The van der Waals surface area contributed by atoms with E-state index in [9.17, 15) is 23.4 Å². The Kier molecular flexibility index (Phi) is 12.2. The first-order chi connectivity index (χ1) is 32.5. The summed E-state index contributed by atoms with van der Waals surface area (Å²) in [5.74, 6) is -0.153. The van der Waals surface area contributed by atoms with Gasteiger partial charge in [-0.3, -0.25) is 0 Å². The maximum absolute atomic E-state index is 13.0. The first-order valence-electron chi connectivity index (χ1n) is 20.7. The molecular weight excluding hydrogens is 1040 g/mol. The Hall–Kier alpha value is -8.38. The fourth-order valence-electron chi connectivity index (χ4n) is 7.99. The molecule has 0 bridgehead atoms. The molecule has 12 rings (SSSR count). The van der Waals surface area contributed by atoms with Crippen molar-refractivity contribution >= 4 is 87.1 Å². The standard InChI is InChI=1S/C27H14F3N2O.2C14H9N2O.Ir/c28-27(29,30)20-11-9-16(10-12-20)25-21-13-17-5-1-2-6-18(17)14-22(21)26(32-31-25)24-15-19-7-3-4-8-23(19)33-24;2*1-9(17)14-13-7-11-5-3-2-4-10(11)6-12(13)8-15-16-14;/h1-14H;2*1-8,17H;/q3*-1;+3. The van der Waals surface area contributed by atoms with Crippen molar-refractivity contribution in [2.24, 2.45) is 0 Å². The molecule has 0 spiro atoms. The van der Waals surface area contributed by atoms with Gasteiger partial charge in [0.2, 0.25) is 0 Å². The van der Waals surface area contributed by atoms with Gasteiger partial charge in [0.05, 0.1) is 35.1 Å². The molecule has 4 heterocycles. The van der Waals surface area contributed by atoms with E-state index in [-0.39, 0.29) is 31.6 Å². The Balaban J connectivity index is 0.000000139. The van der Waals surface area contributed by atoms with Crippen molar-refractivity contribution < 1.29 is 47.9 Å². The van der Waals surface area contributed by atoms with Gasteiger partial charge in [0.15, 0.2) is 0 Å². The minimum Gasteiger partial charge on any atom is -0.544 e. The normalized spacial score (nSPS) is 11.3. The molecule has 0 aliphatic rings. The molecule has 0 amide bonds. The molecule has 0 fully saturated rings. The number of rotatable bonds is 4. The van der Waals surface area contributed by atoms with Crippen LogP contribution in [0, 0.1) is 19.2 Å². The van der Waals surface area contributed by atoms with Crippen molar-refractivity contribution in [2.45, 2.75) is 6.18 Å². The SMILES string of the molecule is FC(F)(F)c1ccc(-c2nnc(-c3[c-]c4ccccc4o3)c3cc4ccccc4cc23)cc1.[CH-]=C(O)c1nncc2cc3ccccc3cc12.[CH-]=C(O)c1nncc2cc3ccccc3cc12.[Ir+3]. The Bertz CT molecular complexity index is 3740. The second kappa shape index (κ2) is 18.5. The van der Waals surface area contributed by atoms with Crippen LogP contribution in [-0.2, 0) is 26.3 Å². The summed E-state index contributed by atoms with van der Waals surface area (Å²) < 4.78 is 45.1. The maximum atomic E-state index is 13.0. The minimum atomic E-state index is -4.40. The summed E-state index contributed by atoms with van der Waals surface area (Å²) in [5, 5.41) is 55.2. The van der Waals surface area contributed by atoms with Crippen molar-refractivity contribution in [3.8, 4) is 22.7 Å². The van der Waals surface area contributed by atoms with Crippen molar-refractivity contribution in [1.82, 2.24) is 30.6 Å². The monoisotopic (exact) mass is 1070 g/mol. The number of hydrogen-bond acceptors (Lipinski definition) is 9. The fourth-order valence-corrected chi connectivity index (χ4v) is 7.99. The van der Waals surface area contributed by atoms with E-state index >= 15 is 0 Å². The van der Waals surface area contributed by atoms with Gasteiger partial charge >= 0.3 is 26.3 Å². The predicted molar refractivity (Wildman–Crippen MR) is 256 cm³/mol. The van der Waals surface area contributed by atoms with Crippen LogP contribution in [0.25, 0.3) is 110 Å². The average Bonchev–Trinajstić information content (AvgIpc) is 3.78.